The molecule has 1 amide bonds. The van der Waals surface area contributed by atoms with Crippen LogP contribution >= 0.6 is 0 Å². The molecule has 2 aromatic rings. The van der Waals surface area contributed by atoms with Gasteiger partial charge in [0.05, 0.1) is 0 Å². The van der Waals surface area contributed by atoms with E-state index in [1.165, 1.54) is 44.2 Å². The summed E-state index contributed by atoms with van der Waals surface area (Å²) in [4.78, 5) is 18.1. The van der Waals surface area contributed by atoms with E-state index in [4.69, 9.17) is 0 Å². The van der Waals surface area contributed by atoms with E-state index in [2.05, 4.69) is 10.3 Å². The average Bonchev–Trinajstić information content (AvgIpc) is 3.08. The highest BCUT2D eigenvalue weighted by atomic mass is 19.1. The van der Waals surface area contributed by atoms with Crippen molar-refractivity contribution in [2.75, 3.05) is 19.6 Å². The van der Waals surface area contributed by atoms with E-state index in [9.17, 15) is 14.3 Å². The number of hydrogen-bond acceptors (Lipinski definition) is 3. The molecule has 3 N–H and O–H groups in total. The Hall–Kier alpha value is -1.92. The zero-order valence-electron chi connectivity index (χ0n) is 16.3. The number of hydrogen-bond donors (Lipinski definition) is 3. The van der Waals surface area contributed by atoms with E-state index in [0.717, 1.165) is 36.1 Å². The molecular weight excluding hydrogens is 357 g/mol. The van der Waals surface area contributed by atoms with Crippen LogP contribution in [-0.2, 0) is 11.3 Å². The van der Waals surface area contributed by atoms with E-state index >= 15 is 0 Å². The van der Waals surface area contributed by atoms with Crippen molar-refractivity contribution >= 4 is 16.8 Å². The van der Waals surface area contributed by atoms with Gasteiger partial charge in [0.2, 0.25) is 0 Å². The molecule has 2 heterocycles. The predicted molar refractivity (Wildman–Crippen MR) is 107 cm³/mol. The monoisotopic (exact) mass is 387 g/mol. The Balaban J connectivity index is 1.33. The van der Waals surface area contributed by atoms with Crippen LogP contribution in [0.5, 0.6) is 0 Å². The third kappa shape index (κ3) is 4.23. The molecule has 1 saturated heterocycles. The first-order valence-electron chi connectivity index (χ1n) is 10.5. The molecule has 1 aromatic carbocycles. The minimum Gasteiger partial charge on any atom is -0.379 e. The maximum atomic E-state index is 13.3. The standard InChI is InChI=1S/C22H30FN3O2/c23-18-7-8-20-17(11-18)12-19(25-20)13-24-15-22(28)9-4-10-26(21(22)27)14-16-5-2-1-3-6-16/h7-8,11-12,16,24-25,28H,1-6,9-10,13-15H2/t22-/m0/s1. The number of nitrogens with zero attached hydrogens (tertiary/aromatic N) is 1. The number of nitrogens with one attached hydrogen (secondary N) is 2. The van der Waals surface area contributed by atoms with Gasteiger partial charge in [0.25, 0.3) is 5.91 Å². The number of amides is 1. The smallest absolute Gasteiger partial charge is 0.255 e. The number of aromatic nitrogens is 1. The van der Waals surface area contributed by atoms with Crippen molar-refractivity contribution in [3.63, 3.8) is 0 Å². The summed E-state index contributed by atoms with van der Waals surface area (Å²) in [5.41, 5.74) is 0.459. The van der Waals surface area contributed by atoms with Crippen LogP contribution in [-0.4, -0.2) is 46.1 Å². The number of benzene rings is 1. The molecule has 2 fully saturated rings. The van der Waals surface area contributed by atoms with Gasteiger partial charge >= 0.3 is 0 Å². The number of fused-ring (bicyclic) bond motifs is 1. The molecule has 6 heteroatoms. The van der Waals surface area contributed by atoms with E-state index in [1.54, 1.807) is 6.07 Å². The second-order valence-corrected chi connectivity index (χ2v) is 8.52. The summed E-state index contributed by atoms with van der Waals surface area (Å²) in [5, 5.41) is 15.0. The molecule has 152 valence electrons. The Bertz CT molecular complexity index is 830. The number of halogens is 1. The molecular formula is C22H30FN3O2. The van der Waals surface area contributed by atoms with Gasteiger partial charge in [-0.15, -0.1) is 0 Å². The number of carbonyl (C=O) groups excluding carboxylic acids is 1. The van der Waals surface area contributed by atoms with E-state index in [0.29, 0.717) is 18.9 Å². The molecule has 1 aliphatic carbocycles. The number of piperidine rings is 1. The van der Waals surface area contributed by atoms with Gasteiger partial charge in [-0.1, -0.05) is 19.3 Å². The van der Waals surface area contributed by atoms with Crippen LogP contribution in [0.1, 0.15) is 50.6 Å². The highest BCUT2D eigenvalue weighted by Gasteiger charge is 2.42. The number of rotatable bonds is 6. The number of H-pyrrole nitrogens is 1. The molecule has 5 nitrogen and oxygen atoms in total. The minimum absolute atomic E-state index is 0.129. The van der Waals surface area contributed by atoms with Crippen molar-refractivity contribution in [2.24, 2.45) is 5.92 Å². The lowest BCUT2D eigenvalue weighted by Gasteiger charge is -2.40. The van der Waals surface area contributed by atoms with Gasteiger partial charge in [0, 0.05) is 42.8 Å². The minimum atomic E-state index is -1.33. The lowest BCUT2D eigenvalue weighted by atomic mass is 9.86. The first-order valence-corrected chi connectivity index (χ1v) is 10.5. The summed E-state index contributed by atoms with van der Waals surface area (Å²) in [6.07, 6.45) is 7.54. The second kappa shape index (κ2) is 8.21. The maximum Gasteiger partial charge on any atom is 0.255 e. The van der Waals surface area contributed by atoms with Crippen LogP contribution in [0.2, 0.25) is 0 Å². The van der Waals surface area contributed by atoms with Crippen LogP contribution in [0.25, 0.3) is 10.9 Å². The number of aromatic amines is 1. The molecule has 0 spiro atoms. The molecule has 1 saturated carbocycles. The molecule has 0 radical (unpaired) electrons. The van der Waals surface area contributed by atoms with Crippen LogP contribution in [0.4, 0.5) is 4.39 Å². The van der Waals surface area contributed by atoms with Gasteiger partial charge in [-0.3, -0.25) is 4.79 Å². The molecule has 1 aliphatic heterocycles. The van der Waals surface area contributed by atoms with Gasteiger partial charge < -0.3 is 20.3 Å². The van der Waals surface area contributed by atoms with Crippen LogP contribution < -0.4 is 5.32 Å². The first kappa shape index (κ1) is 19.4. The van der Waals surface area contributed by atoms with Crippen LogP contribution in [0.15, 0.2) is 24.3 Å². The largest absolute Gasteiger partial charge is 0.379 e. The summed E-state index contributed by atoms with van der Waals surface area (Å²) < 4.78 is 13.3. The van der Waals surface area contributed by atoms with Gasteiger partial charge in [-0.25, -0.2) is 4.39 Å². The lowest BCUT2D eigenvalue weighted by Crippen LogP contribution is -2.58. The van der Waals surface area contributed by atoms with Gasteiger partial charge in [-0.2, -0.15) is 0 Å². The molecule has 4 rings (SSSR count). The molecule has 2 aliphatic rings. The Labute approximate surface area is 165 Å². The van der Waals surface area contributed by atoms with Gasteiger partial charge in [-0.05, 0) is 55.9 Å². The maximum absolute atomic E-state index is 13.3. The normalized spacial score (nSPS) is 24.2. The van der Waals surface area contributed by atoms with Gasteiger partial charge in [0.15, 0.2) is 5.60 Å². The number of likely N-dealkylation sites (tertiary alicyclic amines) is 1. The third-order valence-electron chi connectivity index (χ3n) is 6.28. The Morgan fingerprint density at radius 3 is 2.86 bits per heavy atom. The highest BCUT2D eigenvalue weighted by Crippen LogP contribution is 2.28. The van der Waals surface area contributed by atoms with Crippen molar-refractivity contribution in [2.45, 2.75) is 57.1 Å². The fourth-order valence-corrected chi connectivity index (χ4v) is 4.75. The van der Waals surface area contributed by atoms with Crippen LogP contribution in [0, 0.1) is 11.7 Å². The van der Waals surface area contributed by atoms with Crippen LogP contribution in [0.3, 0.4) is 0 Å². The number of aliphatic hydroxyl groups is 1. The van der Waals surface area contributed by atoms with Crippen molar-refractivity contribution < 1.29 is 14.3 Å². The molecule has 1 aromatic heterocycles. The SMILES string of the molecule is O=C1N(CC2CCCCC2)CCC[C@]1(O)CNCc1cc2cc(F)ccc2[nH]1. The summed E-state index contributed by atoms with van der Waals surface area (Å²) in [5.74, 6) is 0.196. The molecule has 0 unspecified atom stereocenters. The van der Waals surface area contributed by atoms with Crippen molar-refractivity contribution in [3.8, 4) is 0 Å². The zero-order chi connectivity index (χ0) is 19.6. The van der Waals surface area contributed by atoms with Crippen molar-refractivity contribution in [3.05, 3.63) is 35.8 Å². The van der Waals surface area contributed by atoms with E-state index < -0.39 is 5.60 Å². The number of carbonyl (C=O) groups is 1. The summed E-state index contributed by atoms with van der Waals surface area (Å²) >= 11 is 0. The quantitative estimate of drug-likeness (QED) is 0.712. The molecule has 28 heavy (non-hydrogen) atoms. The molecule has 0 bridgehead atoms. The highest BCUT2D eigenvalue weighted by molar-refractivity contribution is 5.86. The fourth-order valence-electron chi connectivity index (χ4n) is 4.75. The average molecular weight is 387 g/mol. The Morgan fingerprint density at radius 1 is 1.21 bits per heavy atom. The Kier molecular flexibility index (Phi) is 5.69. The molecule has 1 atom stereocenters. The predicted octanol–water partition coefficient (Wildman–Crippen LogP) is 3.33. The fraction of sp³-hybridized carbons (Fsp3) is 0.591. The van der Waals surface area contributed by atoms with Gasteiger partial charge in [0.1, 0.15) is 5.82 Å². The lowest BCUT2D eigenvalue weighted by molar-refractivity contribution is -0.157. The summed E-state index contributed by atoms with van der Waals surface area (Å²) in [6.45, 7) is 2.27. The summed E-state index contributed by atoms with van der Waals surface area (Å²) in [6, 6.07) is 6.54. The van der Waals surface area contributed by atoms with E-state index in [1.807, 2.05) is 11.0 Å². The third-order valence-corrected chi connectivity index (χ3v) is 6.28. The van der Waals surface area contributed by atoms with E-state index in [-0.39, 0.29) is 18.3 Å². The zero-order valence-corrected chi connectivity index (χ0v) is 16.3. The summed E-state index contributed by atoms with van der Waals surface area (Å²) in [7, 11) is 0. The first-order chi connectivity index (χ1) is 13.5. The van der Waals surface area contributed by atoms with Crippen molar-refractivity contribution in [1.29, 1.82) is 0 Å². The Morgan fingerprint density at radius 2 is 2.04 bits per heavy atom. The topological polar surface area (TPSA) is 68.4 Å². The van der Waals surface area contributed by atoms with Crippen molar-refractivity contribution in [1.82, 2.24) is 15.2 Å². The second-order valence-electron chi connectivity index (χ2n) is 8.52.